The van der Waals surface area contributed by atoms with E-state index in [0.717, 1.165) is 47.2 Å². The Morgan fingerprint density at radius 3 is 2.63 bits per heavy atom. The number of hydrogen-bond donors (Lipinski definition) is 1. The summed E-state index contributed by atoms with van der Waals surface area (Å²) >= 11 is 1.70. The maximum Gasteiger partial charge on any atom is 0.186 e. The molecule has 19 heavy (non-hydrogen) atoms. The summed E-state index contributed by atoms with van der Waals surface area (Å²) in [6.07, 6.45) is 0. The zero-order valence-corrected chi connectivity index (χ0v) is 12.7. The Balaban J connectivity index is 2.06. The average molecular weight is 278 g/mol. The molecule has 0 aliphatic heterocycles. The molecule has 0 fully saturated rings. The first kappa shape index (κ1) is 14.1. The fourth-order valence-corrected chi connectivity index (χ4v) is 3.02. The molecule has 0 saturated heterocycles. The van der Waals surface area contributed by atoms with E-state index in [9.17, 15) is 0 Å². The molecule has 0 aliphatic rings. The average Bonchev–Trinajstić information content (AvgIpc) is 2.82. The SMILES string of the molecule is CCN(CC)CCN(C)c1nc2ccc(N)cc2s1. The van der Waals surface area contributed by atoms with Gasteiger partial charge in [-0.3, -0.25) is 0 Å². The van der Waals surface area contributed by atoms with Crippen molar-refractivity contribution in [3.8, 4) is 0 Å². The largest absolute Gasteiger partial charge is 0.399 e. The van der Waals surface area contributed by atoms with Gasteiger partial charge in [0.1, 0.15) is 0 Å². The molecule has 1 aromatic heterocycles. The molecule has 0 bridgehead atoms. The van der Waals surface area contributed by atoms with Crippen LogP contribution >= 0.6 is 11.3 Å². The summed E-state index contributed by atoms with van der Waals surface area (Å²) in [4.78, 5) is 9.29. The Bertz CT molecular complexity index is 533. The van der Waals surface area contributed by atoms with E-state index in [2.05, 4.69) is 35.7 Å². The fraction of sp³-hybridized carbons (Fsp3) is 0.500. The highest BCUT2D eigenvalue weighted by Crippen LogP contribution is 2.29. The van der Waals surface area contributed by atoms with Crippen LogP contribution in [0.3, 0.4) is 0 Å². The fourth-order valence-electron chi connectivity index (χ4n) is 2.02. The predicted molar refractivity (Wildman–Crippen MR) is 85.1 cm³/mol. The number of aromatic nitrogens is 1. The van der Waals surface area contributed by atoms with E-state index in [1.54, 1.807) is 11.3 Å². The summed E-state index contributed by atoms with van der Waals surface area (Å²) in [5.74, 6) is 0. The normalized spacial score (nSPS) is 11.4. The van der Waals surface area contributed by atoms with Crippen molar-refractivity contribution in [3.63, 3.8) is 0 Å². The number of anilines is 2. The molecule has 4 nitrogen and oxygen atoms in total. The van der Waals surface area contributed by atoms with Gasteiger partial charge in [-0.15, -0.1) is 0 Å². The van der Waals surface area contributed by atoms with Crippen LogP contribution in [-0.4, -0.2) is 43.1 Å². The molecule has 0 unspecified atom stereocenters. The summed E-state index contributed by atoms with van der Waals surface area (Å²) in [7, 11) is 2.10. The summed E-state index contributed by atoms with van der Waals surface area (Å²) < 4.78 is 1.16. The molecule has 5 heteroatoms. The quantitative estimate of drug-likeness (QED) is 0.825. The van der Waals surface area contributed by atoms with Gasteiger partial charge >= 0.3 is 0 Å². The molecule has 0 saturated carbocycles. The van der Waals surface area contributed by atoms with Gasteiger partial charge in [0, 0.05) is 25.8 Å². The van der Waals surface area contributed by atoms with E-state index in [0.29, 0.717) is 0 Å². The van der Waals surface area contributed by atoms with Crippen LogP contribution in [0.25, 0.3) is 10.2 Å². The Morgan fingerprint density at radius 2 is 1.95 bits per heavy atom. The molecular weight excluding hydrogens is 256 g/mol. The molecule has 1 heterocycles. The van der Waals surface area contributed by atoms with Gasteiger partial charge in [0.2, 0.25) is 0 Å². The van der Waals surface area contributed by atoms with Crippen LogP contribution < -0.4 is 10.6 Å². The lowest BCUT2D eigenvalue weighted by molar-refractivity contribution is 0.311. The van der Waals surface area contributed by atoms with Crippen molar-refractivity contribution >= 4 is 32.4 Å². The number of hydrogen-bond acceptors (Lipinski definition) is 5. The summed E-state index contributed by atoms with van der Waals surface area (Å²) in [6.45, 7) is 8.66. The lowest BCUT2D eigenvalue weighted by Crippen LogP contribution is -2.32. The number of nitrogen functional groups attached to an aromatic ring is 1. The van der Waals surface area contributed by atoms with Crippen molar-refractivity contribution in [2.45, 2.75) is 13.8 Å². The third-order valence-electron chi connectivity index (χ3n) is 3.37. The standard InChI is InChI=1S/C14H22N4S/c1-4-18(5-2)9-8-17(3)14-16-12-7-6-11(15)10-13(12)19-14/h6-7,10H,4-5,8-9,15H2,1-3H3. The lowest BCUT2D eigenvalue weighted by atomic mass is 10.3. The zero-order valence-electron chi connectivity index (χ0n) is 11.9. The summed E-state index contributed by atoms with van der Waals surface area (Å²) in [5, 5.41) is 1.06. The van der Waals surface area contributed by atoms with Crippen molar-refractivity contribution in [1.29, 1.82) is 0 Å². The molecule has 0 radical (unpaired) electrons. The Morgan fingerprint density at radius 1 is 1.21 bits per heavy atom. The number of thiazole rings is 1. The second-order valence-electron chi connectivity index (χ2n) is 4.67. The van der Waals surface area contributed by atoms with Gasteiger partial charge in [-0.1, -0.05) is 25.2 Å². The van der Waals surface area contributed by atoms with E-state index in [1.165, 1.54) is 0 Å². The zero-order chi connectivity index (χ0) is 13.8. The van der Waals surface area contributed by atoms with Gasteiger partial charge in [0.15, 0.2) is 5.13 Å². The second-order valence-corrected chi connectivity index (χ2v) is 5.68. The molecule has 2 N–H and O–H groups in total. The van der Waals surface area contributed by atoms with E-state index in [-0.39, 0.29) is 0 Å². The number of rotatable bonds is 6. The molecular formula is C14H22N4S. The summed E-state index contributed by atoms with van der Waals surface area (Å²) in [5.41, 5.74) is 7.63. The molecule has 2 aromatic rings. The van der Waals surface area contributed by atoms with Gasteiger partial charge in [0.05, 0.1) is 10.2 Å². The van der Waals surface area contributed by atoms with Gasteiger partial charge in [-0.2, -0.15) is 0 Å². The first-order valence-electron chi connectivity index (χ1n) is 6.73. The van der Waals surface area contributed by atoms with Gasteiger partial charge < -0.3 is 15.5 Å². The molecule has 0 amide bonds. The van der Waals surface area contributed by atoms with E-state index in [4.69, 9.17) is 5.73 Å². The molecule has 0 atom stereocenters. The number of nitrogens with zero attached hydrogens (tertiary/aromatic N) is 3. The maximum absolute atomic E-state index is 5.80. The summed E-state index contributed by atoms with van der Waals surface area (Å²) in [6, 6.07) is 5.89. The minimum atomic E-state index is 0.800. The van der Waals surface area contributed by atoms with Gasteiger partial charge in [-0.05, 0) is 31.3 Å². The van der Waals surface area contributed by atoms with Crippen molar-refractivity contribution in [2.24, 2.45) is 0 Å². The molecule has 0 aliphatic carbocycles. The van der Waals surface area contributed by atoms with Crippen LogP contribution in [0.5, 0.6) is 0 Å². The number of fused-ring (bicyclic) bond motifs is 1. The highest BCUT2D eigenvalue weighted by molar-refractivity contribution is 7.22. The van der Waals surface area contributed by atoms with Crippen molar-refractivity contribution < 1.29 is 0 Å². The molecule has 104 valence electrons. The molecule has 0 spiro atoms. The number of nitrogens with two attached hydrogens (primary N) is 1. The Hall–Kier alpha value is -1.33. The minimum Gasteiger partial charge on any atom is -0.399 e. The highest BCUT2D eigenvalue weighted by atomic mass is 32.1. The van der Waals surface area contributed by atoms with E-state index >= 15 is 0 Å². The molecule has 2 rings (SSSR count). The predicted octanol–water partition coefficient (Wildman–Crippen LogP) is 2.66. The lowest BCUT2D eigenvalue weighted by Gasteiger charge is -2.22. The highest BCUT2D eigenvalue weighted by Gasteiger charge is 2.09. The monoisotopic (exact) mass is 278 g/mol. The van der Waals surface area contributed by atoms with E-state index < -0.39 is 0 Å². The first-order chi connectivity index (χ1) is 9.13. The topological polar surface area (TPSA) is 45.4 Å². The van der Waals surface area contributed by atoms with E-state index in [1.807, 2.05) is 18.2 Å². The smallest absolute Gasteiger partial charge is 0.186 e. The van der Waals surface area contributed by atoms with Crippen LogP contribution in [0.1, 0.15) is 13.8 Å². The Kier molecular flexibility index (Phi) is 4.61. The first-order valence-corrected chi connectivity index (χ1v) is 7.55. The Labute approximate surface area is 118 Å². The minimum absolute atomic E-state index is 0.800. The molecule has 1 aromatic carbocycles. The van der Waals surface area contributed by atoms with Gasteiger partial charge in [-0.25, -0.2) is 4.98 Å². The van der Waals surface area contributed by atoms with Crippen molar-refractivity contribution in [3.05, 3.63) is 18.2 Å². The number of likely N-dealkylation sites (N-methyl/N-ethyl adjacent to an activating group) is 2. The van der Waals surface area contributed by atoms with Crippen molar-refractivity contribution in [2.75, 3.05) is 43.9 Å². The van der Waals surface area contributed by atoms with Crippen LogP contribution in [0.4, 0.5) is 10.8 Å². The third kappa shape index (κ3) is 3.36. The second kappa shape index (κ2) is 6.21. The van der Waals surface area contributed by atoms with Gasteiger partial charge in [0.25, 0.3) is 0 Å². The van der Waals surface area contributed by atoms with Crippen LogP contribution in [-0.2, 0) is 0 Å². The van der Waals surface area contributed by atoms with Crippen LogP contribution in [0.15, 0.2) is 18.2 Å². The number of benzene rings is 1. The van der Waals surface area contributed by atoms with Crippen molar-refractivity contribution in [1.82, 2.24) is 9.88 Å². The van der Waals surface area contributed by atoms with Crippen LogP contribution in [0.2, 0.25) is 0 Å². The third-order valence-corrected chi connectivity index (χ3v) is 4.51. The van der Waals surface area contributed by atoms with Crippen LogP contribution in [0, 0.1) is 0 Å². The maximum atomic E-state index is 5.80.